The van der Waals surface area contributed by atoms with Gasteiger partial charge in [0.05, 0.1) is 22.3 Å². The van der Waals surface area contributed by atoms with E-state index in [-0.39, 0.29) is 76.6 Å². The van der Waals surface area contributed by atoms with Crippen molar-refractivity contribution in [1.29, 1.82) is 0 Å². The zero-order valence-electron chi connectivity index (χ0n) is 32.9. The van der Waals surface area contributed by atoms with Crippen molar-refractivity contribution in [2.24, 2.45) is 30.2 Å². The summed E-state index contributed by atoms with van der Waals surface area (Å²) in [6.07, 6.45) is 5.15. The second kappa shape index (κ2) is 13.8. The van der Waals surface area contributed by atoms with Crippen LogP contribution >= 0.6 is 0 Å². The Morgan fingerprint density at radius 3 is 2.35 bits per heavy atom. The average molecular weight is 838 g/mol. The zero-order valence-corrected chi connectivity index (χ0v) is 32.9. The molecule has 316 valence electrons. The highest BCUT2D eigenvalue weighted by Crippen LogP contribution is 2.64. The van der Waals surface area contributed by atoms with Gasteiger partial charge in [-0.3, -0.25) is 9.58 Å². The molecule has 5 heterocycles. The number of terminal acetylenes is 1. The topological polar surface area (TPSA) is 92.0 Å². The second-order valence-corrected chi connectivity index (χ2v) is 17.4. The fourth-order valence-electron chi connectivity index (χ4n) is 10.7. The van der Waals surface area contributed by atoms with Crippen LogP contribution in [0, 0.1) is 47.1 Å². The van der Waals surface area contributed by atoms with E-state index in [0.29, 0.717) is 41.7 Å². The molecule has 3 unspecified atom stereocenters. The van der Waals surface area contributed by atoms with Gasteiger partial charge >= 0.3 is 12.2 Å². The molecule has 5 aromatic rings. The van der Waals surface area contributed by atoms with E-state index in [1.807, 2.05) is 0 Å². The molecule has 0 spiro atoms. The Morgan fingerprint density at radius 1 is 0.983 bits per heavy atom. The van der Waals surface area contributed by atoms with Gasteiger partial charge in [0.25, 0.3) is 5.92 Å². The first kappa shape index (κ1) is 39.2. The standard InChI is InChI=1S/C43H42F7N7O3/c1-4-26-31(44)9-6-22-12-25(58)13-27(32(22)26)33-36(45)38-34(30-16-54(2)53-37(30)33)39(57-23-7-8-24(57)15-55(14-23)10-5-11-59-3)52-40(51-38)60-21-41(19-42(41,46)47)20-56-17-28-29(18-56)35(28)43(48,49)50/h1,6,9,12-13,16,23-24,28-29,35,58H,5,7-8,10-11,14-15,17-21H2,2-3H3/t23?,24?,28-,29+,35?,41-/m1/s1. The van der Waals surface area contributed by atoms with Crippen LogP contribution in [0.4, 0.5) is 36.6 Å². The van der Waals surface area contributed by atoms with E-state index in [1.165, 1.54) is 28.9 Å². The van der Waals surface area contributed by atoms with Crippen LogP contribution < -0.4 is 9.64 Å². The maximum absolute atomic E-state index is 17.8. The number of halogens is 7. The van der Waals surface area contributed by atoms with Crippen molar-refractivity contribution in [3.8, 4) is 35.2 Å². The van der Waals surface area contributed by atoms with Crippen LogP contribution in [0.25, 0.3) is 43.7 Å². The van der Waals surface area contributed by atoms with Crippen molar-refractivity contribution in [1.82, 2.24) is 29.5 Å². The number of anilines is 1. The summed E-state index contributed by atoms with van der Waals surface area (Å²) in [7, 11) is 3.33. The van der Waals surface area contributed by atoms with Crippen LogP contribution in [-0.4, -0.2) is 118 Å². The minimum absolute atomic E-state index is 0.0379. The smallest absolute Gasteiger partial charge is 0.392 e. The number of phenols is 1. The lowest BCUT2D eigenvalue weighted by atomic mass is 9.91. The Bertz CT molecular complexity index is 2590. The monoisotopic (exact) mass is 837 g/mol. The Kier molecular flexibility index (Phi) is 9.02. The molecule has 2 aliphatic carbocycles. The largest absolute Gasteiger partial charge is 0.508 e. The van der Waals surface area contributed by atoms with E-state index in [2.05, 4.69) is 25.8 Å². The zero-order chi connectivity index (χ0) is 42.0. The number of piperidine rings is 1. The van der Waals surface area contributed by atoms with E-state index in [4.69, 9.17) is 20.9 Å². The third-order valence-electron chi connectivity index (χ3n) is 13.6. The molecule has 3 saturated heterocycles. The molecule has 3 aliphatic heterocycles. The summed E-state index contributed by atoms with van der Waals surface area (Å²) in [6.45, 7) is 2.26. The van der Waals surface area contributed by atoms with Gasteiger partial charge in [0, 0.05) is 101 Å². The molecule has 2 saturated carbocycles. The van der Waals surface area contributed by atoms with Crippen LogP contribution in [-0.2, 0) is 11.8 Å². The van der Waals surface area contributed by atoms with Crippen LogP contribution in [0.1, 0.15) is 31.2 Å². The normalized spacial score (nSPS) is 27.3. The summed E-state index contributed by atoms with van der Waals surface area (Å²) in [4.78, 5) is 15.7. The molecule has 2 bridgehead atoms. The Labute approximate surface area is 340 Å². The molecule has 1 N–H and O–H groups in total. The number of benzene rings is 3. The number of ether oxygens (including phenoxy) is 2. The molecule has 10 rings (SSSR count). The van der Waals surface area contributed by atoms with Crippen molar-refractivity contribution in [2.45, 2.75) is 49.9 Å². The number of hydrogen-bond donors (Lipinski definition) is 1. The number of hydrogen-bond acceptors (Lipinski definition) is 9. The third-order valence-corrected chi connectivity index (χ3v) is 13.6. The van der Waals surface area contributed by atoms with Crippen molar-refractivity contribution < 1.29 is 45.3 Å². The van der Waals surface area contributed by atoms with Gasteiger partial charge in [-0.2, -0.15) is 28.2 Å². The molecular weight excluding hydrogens is 796 g/mol. The molecule has 5 aliphatic rings. The summed E-state index contributed by atoms with van der Waals surface area (Å²) in [6, 6.07) is 4.88. The molecule has 2 aromatic heterocycles. The van der Waals surface area contributed by atoms with Crippen LogP contribution in [0.5, 0.6) is 11.8 Å². The fraction of sp³-hybridized carbons (Fsp3) is 0.512. The summed E-state index contributed by atoms with van der Waals surface area (Å²) in [5.74, 6) is -4.86. The highest BCUT2D eigenvalue weighted by Gasteiger charge is 2.74. The van der Waals surface area contributed by atoms with Gasteiger partial charge in [-0.25, -0.2) is 17.6 Å². The molecule has 3 aromatic carbocycles. The van der Waals surface area contributed by atoms with E-state index >= 15 is 17.6 Å². The molecule has 6 atom stereocenters. The third kappa shape index (κ3) is 6.22. The lowest BCUT2D eigenvalue weighted by Crippen LogP contribution is -2.54. The first-order chi connectivity index (χ1) is 28.6. The SMILES string of the molecule is C#Cc1c(F)ccc2cc(O)cc(-c3c(F)c4nc(OC[C@]5(CN6C[C@@H]7C(C(F)(F)F)[C@@H]7C6)CC5(F)F)nc(N5C6CCC5CN(CCCOC)C6)c4c4cn(C)nc34)c12. The first-order valence-corrected chi connectivity index (χ1v) is 20.2. The van der Waals surface area contributed by atoms with Crippen molar-refractivity contribution >= 4 is 38.4 Å². The van der Waals surface area contributed by atoms with E-state index in [1.54, 1.807) is 25.3 Å². The van der Waals surface area contributed by atoms with E-state index in [9.17, 15) is 18.3 Å². The Balaban J connectivity index is 1.09. The number of piperazine rings is 1. The molecular formula is C43H42F7N7O3. The lowest BCUT2D eigenvalue weighted by molar-refractivity contribution is -0.157. The van der Waals surface area contributed by atoms with Crippen molar-refractivity contribution in [3.05, 3.63) is 47.7 Å². The number of phenolic OH excluding ortho intramolecular Hbond substituents is 1. The van der Waals surface area contributed by atoms with E-state index in [0.717, 1.165) is 25.8 Å². The number of aromatic hydroxyl groups is 1. The van der Waals surface area contributed by atoms with Crippen LogP contribution in [0.15, 0.2) is 30.5 Å². The molecule has 60 heavy (non-hydrogen) atoms. The summed E-state index contributed by atoms with van der Waals surface area (Å²) in [5.41, 5.74) is -1.90. The van der Waals surface area contributed by atoms with Gasteiger partial charge < -0.3 is 24.4 Å². The number of methoxy groups -OCH3 is 1. The van der Waals surface area contributed by atoms with Crippen LogP contribution in [0.2, 0.25) is 0 Å². The molecule has 17 heteroatoms. The Hall–Kier alpha value is -4.92. The number of alkyl halides is 5. The van der Waals surface area contributed by atoms with Gasteiger partial charge in [0.1, 0.15) is 35.0 Å². The number of fused-ring (bicyclic) bond motifs is 7. The lowest BCUT2D eigenvalue weighted by Gasteiger charge is -2.42. The second-order valence-electron chi connectivity index (χ2n) is 17.4. The molecule has 0 radical (unpaired) electrons. The van der Waals surface area contributed by atoms with Crippen molar-refractivity contribution in [2.75, 3.05) is 64.5 Å². The Morgan fingerprint density at radius 2 is 1.70 bits per heavy atom. The van der Waals surface area contributed by atoms with Gasteiger partial charge in [0.2, 0.25) is 0 Å². The number of aromatic nitrogens is 4. The number of aryl methyl sites for hydroxylation is 1. The quantitative estimate of drug-likeness (QED) is 0.0848. The fourth-order valence-corrected chi connectivity index (χ4v) is 10.7. The predicted octanol–water partition coefficient (Wildman–Crippen LogP) is 7.14. The summed E-state index contributed by atoms with van der Waals surface area (Å²) < 4.78 is 117. The van der Waals surface area contributed by atoms with Gasteiger partial charge in [0.15, 0.2) is 5.82 Å². The van der Waals surface area contributed by atoms with E-state index < -0.39 is 59.9 Å². The van der Waals surface area contributed by atoms with Gasteiger partial charge in [-0.05, 0) is 60.2 Å². The highest BCUT2D eigenvalue weighted by atomic mass is 19.4. The minimum atomic E-state index is -4.31. The maximum Gasteiger partial charge on any atom is 0.392 e. The number of nitrogens with zero attached hydrogens (tertiary/aromatic N) is 7. The molecule has 5 fully saturated rings. The summed E-state index contributed by atoms with van der Waals surface area (Å²) >= 11 is 0. The van der Waals surface area contributed by atoms with Gasteiger partial charge in [-0.15, -0.1) is 6.42 Å². The highest BCUT2D eigenvalue weighted by molar-refractivity contribution is 6.18. The summed E-state index contributed by atoms with van der Waals surface area (Å²) in [5, 5.41) is 16.9. The molecule has 0 amide bonds. The van der Waals surface area contributed by atoms with Crippen LogP contribution in [0.3, 0.4) is 0 Å². The molecule has 10 nitrogen and oxygen atoms in total. The van der Waals surface area contributed by atoms with Gasteiger partial charge in [-0.1, -0.05) is 12.0 Å². The minimum Gasteiger partial charge on any atom is -0.508 e. The maximum atomic E-state index is 17.8. The average Bonchev–Trinajstić information content (AvgIpc) is 3.75. The number of rotatable bonds is 11. The number of likely N-dealkylation sites (tertiary alicyclic amines) is 2. The van der Waals surface area contributed by atoms with Crippen molar-refractivity contribution in [3.63, 3.8) is 0 Å². The first-order valence-electron chi connectivity index (χ1n) is 20.2. The predicted molar refractivity (Wildman–Crippen MR) is 209 cm³/mol.